The molecule has 20 heavy (non-hydrogen) atoms. The summed E-state index contributed by atoms with van der Waals surface area (Å²) in [6, 6.07) is 6.62. The molecule has 0 fully saturated rings. The van der Waals surface area contributed by atoms with Gasteiger partial charge in [0.05, 0.1) is 11.1 Å². The number of hydrogen-bond donors (Lipinski definition) is 1. The minimum Gasteiger partial charge on any atom is -0.324 e. The lowest BCUT2D eigenvalue weighted by Gasteiger charge is -2.29. The van der Waals surface area contributed by atoms with Gasteiger partial charge in [-0.3, -0.25) is 4.90 Å². The van der Waals surface area contributed by atoms with Gasteiger partial charge in [-0.1, -0.05) is 12.1 Å². The lowest BCUT2D eigenvalue weighted by atomic mass is 10.1. The van der Waals surface area contributed by atoms with Crippen LogP contribution >= 0.6 is 12.4 Å². The lowest BCUT2D eigenvalue weighted by Crippen LogP contribution is -2.43. The zero-order valence-electron chi connectivity index (χ0n) is 12.6. The predicted octanol–water partition coefficient (Wildman–Crippen LogP) is 1.66. The van der Waals surface area contributed by atoms with Crippen molar-refractivity contribution in [1.29, 1.82) is 0 Å². The molecule has 0 aromatic heterocycles. The van der Waals surface area contributed by atoms with E-state index in [0.29, 0.717) is 0 Å². The molecule has 5 nitrogen and oxygen atoms in total. The summed E-state index contributed by atoms with van der Waals surface area (Å²) < 4.78 is 26.2. The molecule has 2 unspecified atom stereocenters. The zero-order valence-corrected chi connectivity index (χ0v) is 14.2. The van der Waals surface area contributed by atoms with Crippen LogP contribution in [-0.4, -0.2) is 44.9 Å². The molecule has 0 bridgehead atoms. The largest absolute Gasteiger partial charge is 0.324 e. The van der Waals surface area contributed by atoms with E-state index in [1.54, 1.807) is 31.3 Å². The molecule has 0 amide bonds. The van der Waals surface area contributed by atoms with Crippen molar-refractivity contribution in [3.8, 4) is 0 Å². The molecule has 0 saturated carbocycles. The van der Waals surface area contributed by atoms with Gasteiger partial charge in [0.15, 0.2) is 0 Å². The van der Waals surface area contributed by atoms with Crippen LogP contribution in [0.5, 0.6) is 0 Å². The van der Waals surface area contributed by atoms with Gasteiger partial charge >= 0.3 is 0 Å². The highest BCUT2D eigenvalue weighted by atomic mass is 35.5. The monoisotopic (exact) mass is 321 g/mol. The Morgan fingerprint density at radius 3 is 1.85 bits per heavy atom. The molecule has 2 atom stereocenters. The summed E-state index contributed by atoms with van der Waals surface area (Å²) in [5, 5.41) is 0. The highest BCUT2D eigenvalue weighted by Crippen LogP contribution is 2.19. The van der Waals surface area contributed by atoms with E-state index in [1.807, 2.05) is 32.8 Å². The predicted molar refractivity (Wildman–Crippen MR) is 84.4 cm³/mol. The average Bonchev–Trinajstić information content (AvgIpc) is 2.36. The molecule has 0 spiro atoms. The SMILES string of the molecule is CC(N)c1ccc(S(=O)(=O)N(C)C(C)N(C)C)cc1.Cl. The number of sulfonamides is 1. The van der Waals surface area contributed by atoms with Crippen LogP contribution in [0.3, 0.4) is 0 Å². The summed E-state index contributed by atoms with van der Waals surface area (Å²) in [7, 11) is 1.79. The highest BCUT2D eigenvalue weighted by Gasteiger charge is 2.26. The van der Waals surface area contributed by atoms with E-state index in [-0.39, 0.29) is 29.5 Å². The normalized spacial score (nSPS) is 15.0. The van der Waals surface area contributed by atoms with Gasteiger partial charge < -0.3 is 5.73 Å². The first kappa shape index (κ1) is 19.3. The molecule has 0 aliphatic heterocycles. The van der Waals surface area contributed by atoms with Crippen molar-refractivity contribution in [2.24, 2.45) is 5.73 Å². The van der Waals surface area contributed by atoms with Gasteiger partial charge in [-0.25, -0.2) is 8.42 Å². The Morgan fingerprint density at radius 1 is 1.05 bits per heavy atom. The first-order valence-corrected chi connectivity index (χ1v) is 7.62. The van der Waals surface area contributed by atoms with Gasteiger partial charge in [-0.15, -0.1) is 12.4 Å². The Bertz CT molecular complexity index is 515. The van der Waals surface area contributed by atoms with E-state index in [2.05, 4.69) is 0 Å². The van der Waals surface area contributed by atoms with E-state index >= 15 is 0 Å². The second kappa shape index (κ2) is 7.38. The van der Waals surface area contributed by atoms with Crippen LogP contribution in [-0.2, 0) is 10.0 Å². The zero-order chi connectivity index (χ0) is 14.8. The quantitative estimate of drug-likeness (QED) is 0.838. The number of benzene rings is 1. The molecular weight excluding hydrogens is 298 g/mol. The minimum absolute atomic E-state index is 0. The third-order valence-electron chi connectivity index (χ3n) is 3.36. The van der Waals surface area contributed by atoms with E-state index < -0.39 is 10.0 Å². The van der Waals surface area contributed by atoms with E-state index in [4.69, 9.17) is 5.73 Å². The minimum atomic E-state index is -3.47. The van der Waals surface area contributed by atoms with E-state index in [0.717, 1.165) is 5.56 Å². The molecular formula is C13H24ClN3O2S. The smallest absolute Gasteiger partial charge is 0.244 e. The van der Waals surface area contributed by atoms with Crippen molar-refractivity contribution >= 4 is 22.4 Å². The maximum Gasteiger partial charge on any atom is 0.244 e. The first-order valence-electron chi connectivity index (χ1n) is 6.18. The Morgan fingerprint density at radius 2 is 1.50 bits per heavy atom. The third-order valence-corrected chi connectivity index (χ3v) is 5.29. The summed E-state index contributed by atoms with van der Waals surface area (Å²) in [4.78, 5) is 2.13. The van der Waals surface area contributed by atoms with E-state index in [9.17, 15) is 8.42 Å². The van der Waals surface area contributed by atoms with Gasteiger partial charge in [0, 0.05) is 13.1 Å². The topological polar surface area (TPSA) is 66.6 Å². The van der Waals surface area contributed by atoms with Gasteiger partial charge in [-0.05, 0) is 45.6 Å². The van der Waals surface area contributed by atoms with Crippen LogP contribution in [0.25, 0.3) is 0 Å². The Kier molecular flexibility index (Phi) is 7.13. The summed E-state index contributed by atoms with van der Waals surface area (Å²) in [5.41, 5.74) is 6.67. The van der Waals surface area contributed by atoms with Crippen molar-refractivity contribution in [1.82, 2.24) is 9.21 Å². The highest BCUT2D eigenvalue weighted by molar-refractivity contribution is 7.89. The van der Waals surface area contributed by atoms with Crippen LogP contribution < -0.4 is 5.73 Å². The molecule has 7 heteroatoms. The van der Waals surface area contributed by atoms with Gasteiger partial charge in [0.1, 0.15) is 0 Å². The lowest BCUT2D eigenvalue weighted by molar-refractivity contribution is 0.194. The Hall–Kier alpha value is -0.660. The number of nitrogens with two attached hydrogens (primary N) is 1. The molecule has 1 rings (SSSR count). The van der Waals surface area contributed by atoms with Crippen molar-refractivity contribution in [2.45, 2.75) is 31.0 Å². The van der Waals surface area contributed by atoms with Gasteiger partial charge in [0.25, 0.3) is 0 Å². The molecule has 1 aromatic rings. The maximum absolute atomic E-state index is 12.4. The molecule has 0 aliphatic carbocycles. The number of halogens is 1. The van der Waals surface area contributed by atoms with Crippen LogP contribution in [0.4, 0.5) is 0 Å². The number of rotatable bonds is 5. The summed E-state index contributed by atoms with van der Waals surface area (Å²) >= 11 is 0. The maximum atomic E-state index is 12.4. The van der Waals surface area contributed by atoms with Crippen molar-refractivity contribution in [3.63, 3.8) is 0 Å². The number of hydrogen-bond acceptors (Lipinski definition) is 4. The van der Waals surface area contributed by atoms with Crippen LogP contribution in [0.2, 0.25) is 0 Å². The molecule has 2 N–H and O–H groups in total. The average molecular weight is 322 g/mol. The van der Waals surface area contributed by atoms with Gasteiger partial charge in [0.2, 0.25) is 10.0 Å². The van der Waals surface area contributed by atoms with Crippen molar-refractivity contribution in [3.05, 3.63) is 29.8 Å². The molecule has 0 aliphatic rings. The molecule has 0 heterocycles. The Balaban J connectivity index is 0.00000361. The van der Waals surface area contributed by atoms with Crippen molar-refractivity contribution in [2.75, 3.05) is 21.1 Å². The van der Waals surface area contributed by atoms with Crippen LogP contribution in [0.15, 0.2) is 29.2 Å². The second-order valence-electron chi connectivity index (χ2n) is 4.97. The second-order valence-corrected chi connectivity index (χ2v) is 6.97. The molecule has 116 valence electrons. The first-order chi connectivity index (χ1) is 8.67. The summed E-state index contributed by atoms with van der Waals surface area (Å²) in [6.45, 7) is 3.71. The third kappa shape index (κ3) is 4.17. The van der Waals surface area contributed by atoms with E-state index in [1.165, 1.54) is 4.31 Å². The van der Waals surface area contributed by atoms with Crippen LogP contribution in [0.1, 0.15) is 25.5 Å². The standard InChI is InChI=1S/C13H23N3O2S.ClH/c1-10(14)12-6-8-13(9-7-12)19(17,18)16(5)11(2)15(3)4;/h6-11H,14H2,1-5H3;1H. The fraction of sp³-hybridized carbons (Fsp3) is 0.538. The fourth-order valence-electron chi connectivity index (χ4n) is 1.64. The fourth-order valence-corrected chi connectivity index (χ4v) is 3.04. The molecule has 0 radical (unpaired) electrons. The molecule has 1 aromatic carbocycles. The molecule has 0 saturated heterocycles. The summed E-state index contributed by atoms with van der Waals surface area (Å²) in [6.07, 6.45) is -0.210. The van der Waals surface area contributed by atoms with Crippen LogP contribution in [0, 0.1) is 0 Å². The Labute approximate surface area is 128 Å². The summed E-state index contributed by atoms with van der Waals surface area (Å²) in [5.74, 6) is 0. The number of nitrogens with zero attached hydrogens (tertiary/aromatic N) is 2. The van der Waals surface area contributed by atoms with Gasteiger partial charge in [-0.2, -0.15) is 4.31 Å². The van der Waals surface area contributed by atoms with Crippen molar-refractivity contribution < 1.29 is 8.42 Å².